The van der Waals surface area contributed by atoms with E-state index in [-0.39, 0.29) is 11.8 Å². The Morgan fingerprint density at radius 2 is 2.16 bits per heavy atom. The third kappa shape index (κ3) is 3.83. The minimum absolute atomic E-state index is 0.257. The van der Waals surface area contributed by atoms with Gasteiger partial charge in [0.15, 0.2) is 11.6 Å². The summed E-state index contributed by atoms with van der Waals surface area (Å²) in [6.45, 7) is 2.50. The lowest BCUT2D eigenvalue weighted by Crippen LogP contribution is -2.26. The van der Waals surface area contributed by atoms with Crippen LogP contribution in [0.1, 0.15) is 24.7 Å². The molecule has 0 aliphatic heterocycles. The summed E-state index contributed by atoms with van der Waals surface area (Å²) in [6.07, 6.45) is 3.44. The molecule has 0 aliphatic rings. The number of benzene rings is 1. The number of hydrogen-bond acceptors (Lipinski definition) is 3. The van der Waals surface area contributed by atoms with Crippen LogP contribution in [0.2, 0.25) is 0 Å². The number of aromatic hydroxyl groups is 1. The first-order chi connectivity index (χ1) is 9.16. The van der Waals surface area contributed by atoms with Crippen LogP contribution in [0.5, 0.6) is 5.75 Å². The van der Waals surface area contributed by atoms with Gasteiger partial charge in [0.25, 0.3) is 0 Å². The highest BCUT2D eigenvalue weighted by atomic mass is 19.1. The average Bonchev–Trinajstić information content (AvgIpc) is 2.91. The molecular formula is C15H18FNO2. The summed E-state index contributed by atoms with van der Waals surface area (Å²) in [4.78, 5) is 0. The zero-order valence-electron chi connectivity index (χ0n) is 10.9. The number of furan rings is 1. The Hall–Kier alpha value is -1.81. The summed E-state index contributed by atoms with van der Waals surface area (Å²) >= 11 is 0. The molecule has 1 unspecified atom stereocenters. The summed E-state index contributed by atoms with van der Waals surface area (Å²) in [5, 5.41) is 12.8. The Labute approximate surface area is 112 Å². The van der Waals surface area contributed by atoms with Gasteiger partial charge in [-0.25, -0.2) is 4.39 Å². The molecule has 2 aromatic rings. The van der Waals surface area contributed by atoms with E-state index < -0.39 is 5.82 Å². The Kier molecular flexibility index (Phi) is 4.58. The maximum atomic E-state index is 13.1. The molecule has 0 fully saturated rings. The van der Waals surface area contributed by atoms with Crippen molar-refractivity contribution in [3.05, 3.63) is 53.7 Å². The number of aryl methyl sites for hydroxylation is 1. The highest BCUT2D eigenvalue weighted by Crippen LogP contribution is 2.20. The van der Waals surface area contributed by atoms with Crippen LogP contribution >= 0.6 is 0 Å². The van der Waals surface area contributed by atoms with Crippen LogP contribution in [0, 0.1) is 5.82 Å². The fourth-order valence-corrected chi connectivity index (χ4v) is 1.90. The molecule has 0 spiro atoms. The molecule has 2 N–H and O–H groups in total. The number of para-hydroxylation sites is 1. The second-order valence-corrected chi connectivity index (χ2v) is 4.65. The van der Waals surface area contributed by atoms with Gasteiger partial charge >= 0.3 is 0 Å². The molecule has 0 saturated heterocycles. The lowest BCUT2D eigenvalue weighted by atomic mass is 10.1. The van der Waals surface area contributed by atoms with Crippen molar-refractivity contribution in [2.24, 2.45) is 0 Å². The van der Waals surface area contributed by atoms with E-state index in [1.807, 2.05) is 12.1 Å². The molecule has 0 bridgehead atoms. The number of halogens is 1. The van der Waals surface area contributed by atoms with Crippen molar-refractivity contribution in [2.75, 3.05) is 0 Å². The number of hydrogen-bond donors (Lipinski definition) is 2. The Balaban J connectivity index is 1.80. The highest BCUT2D eigenvalue weighted by Gasteiger charge is 2.08. The smallest absolute Gasteiger partial charge is 0.165 e. The van der Waals surface area contributed by atoms with E-state index in [1.165, 1.54) is 6.07 Å². The normalized spacial score (nSPS) is 12.5. The largest absolute Gasteiger partial charge is 0.505 e. The Morgan fingerprint density at radius 3 is 2.89 bits per heavy atom. The standard InChI is InChI=1S/C15H18FNO2/c1-11(7-8-13-5-3-9-19-13)17-10-12-4-2-6-14(16)15(12)18/h2-6,9,11,17-18H,7-8,10H2,1H3. The fraction of sp³-hybridized carbons (Fsp3) is 0.333. The van der Waals surface area contributed by atoms with Gasteiger partial charge < -0.3 is 14.8 Å². The van der Waals surface area contributed by atoms with Crippen molar-refractivity contribution in [2.45, 2.75) is 32.4 Å². The van der Waals surface area contributed by atoms with Crippen molar-refractivity contribution in [1.82, 2.24) is 5.32 Å². The first kappa shape index (κ1) is 13.6. The van der Waals surface area contributed by atoms with Crippen molar-refractivity contribution in [3.8, 4) is 5.75 Å². The van der Waals surface area contributed by atoms with Crippen LogP contribution in [0.3, 0.4) is 0 Å². The summed E-state index contributed by atoms with van der Waals surface area (Å²) in [5.74, 6) is 0.109. The van der Waals surface area contributed by atoms with E-state index in [2.05, 4.69) is 12.2 Å². The molecule has 2 rings (SSSR count). The fourth-order valence-electron chi connectivity index (χ4n) is 1.90. The molecule has 1 heterocycles. The van der Waals surface area contributed by atoms with Gasteiger partial charge in [0.1, 0.15) is 5.76 Å². The summed E-state index contributed by atoms with van der Waals surface area (Å²) in [5.41, 5.74) is 0.574. The van der Waals surface area contributed by atoms with Crippen LogP contribution in [0.4, 0.5) is 4.39 Å². The third-order valence-corrected chi connectivity index (χ3v) is 3.12. The van der Waals surface area contributed by atoms with Crippen molar-refractivity contribution in [3.63, 3.8) is 0 Å². The topological polar surface area (TPSA) is 45.4 Å². The van der Waals surface area contributed by atoms with Crippen molar-refractivity contribution < 1.29 is 13.9 Å². The average molecular weight is 263 g/mol. The quantitative estimate of drug-likeness (QED) is 0.841. The first-order valence-electron chi connectivity index (χ1n) is 6.39. The molecule has 3 nitrogen and oxygen atoms in total. The number of nitrogens with one attached hydrogen (secondary N) is 1. The van der Waals surface area contributed by atoms with Gasteiger partial charge in [-0.2, -0.15) is 0 Å². The van der Waals surface area contributed by atoms with Crippen LogP contribution in [0.15, 0.2) is 41.0 Å². The highest BCUT2D eigenvalue weighted by molar-refractivity contribution is 5.33. The third-order valence-electron chi connectivity index (χ3n) is 3.12. The van der Waals surface area contributed by atoms with E-state index in [9.17, 15) is 9.50 Å². The molecule has 1 aromatic carbocycles. The SMILES string of the molecule is CC(CCc1ccco1)NCc1cccc(F)c1O. The summed E-state index contributed by atoms with van der Waals surface area (Å²) in [6, 6.07) is 8.64. The van der Waals surface area contributed by atoms with Crippen molar-refractivity contribution in [1.29, 1.82) is 0 Å². The van der Waals surface area contributed by atoms with Gasteiger partial charge in [0.05, 0.1) is 6.26 Å². The van der Waals surface area contributed by atoms with Gasteiger partial charge in [-0.1, -0.05) is 12.1 Å². The second-order valence-electron chi connectivity index (χ2n) is 4.65. The maximum absolute atomic E-state index is 13.1. The van der Waals surface area contributed by atoms with Crippen LogP contribution < -0.4 is 5.32 Å². The van der Waals surface area contributed by atoms with Gasteiger partial charge in [-0.3, -0.25) is 0 Å². The lowest BCUT2D eigenvalue weighted by Gasteiger charge is -2.14. The van der Waals surface area contributed by atoms with E-state index >= 15 is 0 Å². The van der Waals surface area contributed by atoms with E-state index in [1.54, 1.807) is 18.4 Å². The molecule has 1 atom stereocenters. The van der Waals surface area contributed by atoms with E-state index in [0.717, 1.165) is 18.6 Å². The molecular weight excluding hydrogens is 245 g/mol. The molecule has 0 aliphatic carbocycles. The molecule has 4 heteroatoms. The number of rotatable bonds is 6. The molecule has 102 valence electrons. The van der Waals surface area contributed by atoms with Crippen LogP contribution in [-0.4, -0.2) is 11.1 Å². The van der Waals surface area contributed by atoms with Gasteiger partial charge in [-0.05, 0) is 31.5 Å². The number of phenolic OH excluding ortho intramolecular Hbond substituents is 1. The molecule has 0 radical (unpaired) electrons. The predicted octanol–water partition coefficient (Wildman–Crippen LogP) is 3.24. The molecule has 19 heavy (non-hydrogen) atoms. The predicted molar refractivity (Wildman–Crippen MR) is 71.4 cm³/mol. The van der Waals surface area contributed by atoms with E-state index in [0.29, 0.717) is 12.1 Å². The Morgan fingerprint density at radius 1 is 1.32 bits per heavy atom. The minimum atomic E-state index is -0.581. The molecule has 1 aromatic heterocycles. The van der Waals surface area contributed by atoms with Gasteiger partial charge in [0, 0.05) is 24.6 Å². The zero-order chi connectivity index (χ0) is 13.7. The second kappa shape index (κ2) is 6.38. The summed E-state index contributed by atoms with van der Waals surface area (Å²) in [7, 11) is 0. The number of phenols is 1. The first-order valence-corrected chi connectivity index (χ1v) is 6.39. The molecule has 0 amide bonds. The zero-order valence-corrected chi connectivity index (χ0v) is 10.9. The van der Waals surface area contributed by atoms with Gasteiger partial charge in [0.2, 0.25) is 0 Å². The van der Waals surface area contributed by atoms with Crippen LogP contribution in [-0.2, 0) is 13.0 Å². The van der Waals surface area contributed by atoms with Gasteiger partial charge in [-0.15, -0.1) is 0 Å². The van der Waals surface area contributed by atoms with Crippen LogP contribution in [0.25, 0.3) is 0 Å². The summed E-state index contributed by atoms with van der Waals surface area (Å²) < 4.78 is 18.4. The van der Waals surface area contributed by atoms with Crippen molar-refractivity contribution >= 4 is 0 Å². The Bertz CT molecular complexity index is 511. The minimum Gasteiger partial charge on any atom is -0.505 e. The van der Waals surface area contributed by atoms with E-state index in [4.69, 9.17) is 4.42 Å². The maximum Gasteiger partial charge on any atom is 0.165 e. The molecule has 0 saturated carbocycles. The lowest BCUT2D eigenvalue weighted by molar-refractivity contribution is 0.416. The monoisotopic (exact) mass is 263 g/mol.